The standard InChI is InChI=1S/C14H18N4O/c1-17(10-14(19)18-6-2-3-7-18)13-5-4-12(16)8-11(13)9-15/h4-5,8H,2-3,6-7,10,16H2,1H3. The van der Waals surface area contributed by atoms with Crippen LogP contribution in [0.3, 0.4) is 0 Å². The number of anilines is 2. The Morgan fingerprint density at radius 2 is 2.16 bits per heavy atom. The number of carbonyl (C=O) groups is 1. The number of nitriles is 1. The van der Waals surface area contributed by atoms with E-state index in [-0.39, 0.29) is 5.91 Å². The second-order valence-corrected chi connectivity index (χ2v) is 4.83. The smallest absolute Gasteiger partial charge is 0.242 e. The van der Waals surface area contributed by atoms with Gasteiger partial charge in [0.25, 0.3) is 0 Å². The maximum absolute atomic E-state index is 12.1. The molecule has 0 saturated carbocycles. The average Bonchev–Trinajstić information content (AvgIpc) is 2.92. The van der Waals surface area contributed by atoms with Crippen LogP contribution < -0.4 is 10.6 Å². The van der Waals surface area contributed by atoms with Crippen molar-refractivity contribution in [1.29, 1.82) is 5.26 Å². The van der Waals surface area contributed by atoms with E-state index in [9.17, 15) is 4.79 Å². The van der Waals surface area contributed by atoms with Gasteiger partial charge in [-0.2, -0.15) is 5.26 Å². The van der Waals surface area contributed by atoms with E-state index < -0.39 is 0 Å². The van der Waals surface area contributed by atoms with Crippen molar-refractivity contribution in [3.63, 3.8) is 0 Å². The van der Waals surface area contributed by atoms with E-state index in [0.717, 1.165) is 31.6 Å². The molecule has 1 aliphatic rings. The van der Waals surface area contributed by atoms with Crippen LogP contribution in [0.4, 0.5) is 11.4 Å². The van der Waals surface area contributed by atoms with Gasteiger partial charge in [-0.3, -0.25) is 4.79 Å². The molecular formula is C14H18N4O. The molecule has 5 heteroatoms. The summed E-state index contributed by atoms with van der Waals surface area (Å²) in [5.41, 5.74) is 7.45. The minimum Gasteiger partial charge on any atom is -0.399 e. The molecule has 2 N–H and O–H groups in total. The van der Waals surface area contributed by atoms with Gasteiger partial charge in [0.2, 0.25) is 5.91 Å². The van der Waals surface area contributed by atoms with Gasteiger partial charge in [-0.1, -0.05) is 0 Å². The normalized spacial score (nSPS) is 14.2. The van der Waals surface area contributed by atoms with Gasteiger partial charge in [0.1, 0.15) is 6.07 Å². The van der Waals surface area contributed by atoms with Crippen LogP contribution in [0.15, 0.2) is 18.2 Å². The quantitative estimate of drug-likeness (QED) is 0.827. The number of hydrogen-bond acceptors (Lipinski definition) is 4. The number of likely N-dealkylation sites (tertiary alicyclic amines) is 1. The summed E-state index contributed by atoms with van der Waals surface area (Å²) in [6.07, 6.45) is 2.17. The predicted molar refractivity (Wildman–Crippen MR) is 74.7 cm³/mol. The number of benzene rings is 1. The fourth-order valence-corrected chi connectivity index (χ4v) is 2.33. The number of nitrogens with zero attached hydrogens (tertiary/aromatic N) is 3. The third kappa shape index (κ3) is 2.97. The third-order valence-electron chi connectivity index (χ3n) is 3.38. The van der Waals surface area contributed by atoms with Crippen molar-refractivity contribution in [3.05, 3.63) is 23.8 Å². The molecule has 0 radical (unpaired) electrons. The predicted octanol–water partition coefficient (Wildman–Crippen LogP) is 1.20. The molecule has 1 aromatic rings. The summed E-state index contributed by atoms with van der Waals surface area (Å²) < 4.78 is 0. The first-order valence-corrected chi connectivity index (χ1v) is 6.40. The number of nitrogen functional groups attached to an aromatic ring is 1. The van der Waals surface area contributed by atoms with Gasteiger partial charge in [-0.15, -0.1) is 0 Å². The van der Waals surface area contributed by atoms with Gasteiger partial charge in [0.05, 0.1) is 17.8 Å². The van der Waals surface area contributed by atoms with E-state index in [2.05, 4.69) is 6.07 Å². The van der Waals surface area contributed by atoms with Crippen LogP contribution in [0.2, 0.25) is 0 Å². The van der Waals surface area contributed by atoms with Gasteiger partial charge in [0, 0.05) is 25.8 Å². The van der Waals surface area contributed by atoms with Crippen molar-refractivity contribution in [1.82, 2.24) is 4.90 Å². The highest BCUT2D eigenvalue weighted by atomic mass is 16.2. The van der Waals surface area contributed by atoms with Gasteiger partial charge < -0.3 is 15.5 Å². The molecule has 5 nitrogen and oxygen atoms in total. The zero-order valence-corrected chi connectivity index (χ0v) is 11.1. The van der Waals surface area contributed by atoms with Gasteiger partial charge >= 0.3 is 0 Å². The zero-order valence-electron chi connectivity index (χ0n) is 11.1. The Kier molecular flexibility index (Phi) is 3.91. The third-order valence-corrected chi connectivity index (χ3v) is 3.38. The first kappa shape index (κ1) is 13.2. The number of carbonyl (C=O) groups excluding carboxylic acids is 1. The van der Waals surface area contributed by atoms with Crippen LogP contribution in [0.25, 0.3) is 0 Å². The SMILES string of the molecule is CN(CC(=O)N1CCCC1)c1ccc(N)cc1C#N. The number of hydrogen-bond donors (Lipinski definition) is 1. The van der Waals surface area contributed by atoms with Crippen molar-refractivity contribution < 1.29 is 4.79 Å². The summed E-state index contributed by atoms with van der Waals surface area (Å²) in [4.78, 5) is 15.8. The summed E-state index contributed by atoms with van der Waals surface area (Å²) in [7, 11) is 1.82. The van der Waals surface area contributed by atoms with Crippen molar-refractivity contribution in [2.24, 2.45) is 0 Å². The lowest BCUT2D eigenvalue weighted by molar-refractivity contribution is -0.128. The molecule has 0 aromatic heterocycles. The molecule has 1 heterocycles. The van der Waals surface area contributed by atoms with Crippen LogP contribution in [0, 0.1) is 11.3 Å². The number of rotatable bonds is 3. The molecule has 0 spiro atoms. The molecule has 0 unspecified atom stereocenters. The molecule has 0 aliphatic carbocycles. The van der Waals surface area contributed by atoms with Crippen LogP contribution in [-0.2, 0) is 4.79 Å². The van der Waals surface area contributed by atoms with E-state index in [0.29, 0.717) is 17.8 Å². The monoisotopic (exact) mass is 258 g/mol. The highest BCUT2D eigenvalue weighted by Gasteiger charge is 2.20. The fraction of sp³-hybridized carbons (Fsp3) is 0.429. The molecule has 1 fully saturated rings. The van der Waals surface area contributed by atoms with Crippen molar-refractivity contribution in [2.45, 2.75) is 12.8 Å². The van der Waals surface area contributed by atoms with E-state index in [1.165, 1.54) is 0 Å². The minimum absolute atomic E-state index is 0.112. The molecule has 0 atom stereocenters. The Bertz CT molecular complexity index is 515. The van der Waals surface area contributed by atoms with Gasteiger partial charge in [-0.25, -0.2) is 0 Å². The zero-order chi connectivity index (χ0) is 13.8. The number of likely N-dealkylation sites (N-methyl/N-ethyl adjacent to an activating group) is 1. The summed E-state index contributed by atoms with van der Waals surface area (Å²) in [5.74, 6) is 0.112. The summed E-state index contributed by atoms with van der Waals surface area (Å²) in [5, 5.41) is 9.11. The number of nitrogens with two attached hydrogens (primary N) is 1. The van der Waals surface area contributed by atoms with E-state index in [1.807, 2.05) is 11.9 Å². The van der Waals surface area contributed by atoms with Gasteiger partial charge in [0.15, 0.2) is 0 Å². The van der Waals surface area contributed by atoms with E-state index in [4.69, 9.17) is 11.0 Å². The highest BCUT2D eigenvalue weighted by Crippen LogP contribution is 2.21. The maximum atomic E-state index is 12.1. The lowest BCUT2D eigenvalue weighted by Gasteiger charge is -2.23. The van der Waals surface area contributed by atoms with Gasteiger partial charge in [-0.05, 0) is 31.0 Å². The van der Waals surface area contributed by atoms with Crippen molar-refractivity contribution in [2.75, 3.05) is 37.3 Å². The molecule has 1 amide bonds. The second-order valence-electron chi connectivity index (χ2n) is 4.83. The summed E-state index contributed by atoms with van der Waals surface area (Å²) in [6.45, 7) is 1.98. The Balaban J connectivity index is 2.09. The van der Waals surface area contributed by atoms with Crippen molar-refractivity contribution >= 4 is 17.3 Å². The Morgan fingerprint density at radius 3 is 2.79 bits per heavy atom. The average molecular weight is 258 g/mol. The lowest BCUT2D eigenvalue weighted by Crippen LogP contribution is -2.37. The minimum atomic E-state index is 0.112. The largest absolute Gasteiger partial charge is 0.399 e. The first-order valence-electron chi connectivity index (χ1n) is 6.40. The molecule has 100 valence electrons. The first-order chi connectivity index (χ1) is 9.11. The van der Waals surface area contributed by atoms with E-state index in [1.54, 1.807) is 23.1 Å². The Morgan fingerprint density at radius 1 is 1.47 bits per heavy atom. The van der Waals surface area contributed by atoms with Crippen LogP contribution in [0.5, 0.6) is 0 Å². The number of amides is 1. The molecular weight excluding hydrogens is 240 g/mol. The highest BCUT2D eigenvalue weighted by molar-refractivity contribution is 5.82. The lowest BCUT2D eigenvalue weighted by atomic mass is 10.1. The van der Waals surface area contributed by atoms with Crippen LogP contribution in [0.1, 0.15) is 18.4 Å². The van der Waals surface area contributed by atoms with Crippen LogP contribution >= 0.6 is 0 Å². The van der Waals surface area contributed by atoms with E-state index >= 15 is 0 Å². The molecule has 1 aromatic carbocycles. The molecule has 19 heavy (non-hydrogen) atoms. The van der Waals surface area contributed by atoms with Crippen LogP contribution in [-0.4, -0.2) is 37.5 Å². The molecule has 1 aliphatic heterocycles. The topological polar surface area (TPSA) is 73.4 Å². The van der Waals surface area contributed by atoms with Crippen molar-refractivity contribution in [3.8, 4) is 6.07 Å². The Hall–Kier alpha value is -2.22. The molecule has 1 saturated heterocycles. The Labute approximate surface area is 113 Å². The molecule has 0 bridgehead atoms. The summed E-state index contributed by atoms with van der Waals surface area (Å²) >= 11 is 0. The molecule has 2 rings (SSSR count). The maximum Gasteiger partial charge on any atom is 0.242 e. The second kappa shape index (κ2) is 5.61. The summed E-state index contributed by atoms with van der Waals surface area (Å²) in [6, 6.07) is 7.27. The fourth-order valence-electron chi connectivity index (χ4n) is 2.33.